The third kappa shape index (κ3) is 2.66. The lowest BCUT2D eigenvalue weighted by Gasteiger charge is -2.36. The highest BCUT2D eigenvalue weighted by Crippen LogP contribution is 2.23. The van der Waals surface area contributed by atoms with Crippen molar-refractivity contribution in [2.24, 2.45) is 0 Å². The molecule has 1 fully saturated rings. The van der Waals surface area contributed by atoms with Crippen LogP contribution in [-0.4, -0.2) is 25.7 Å². The van der Waals surface area contributed by atoms with Crippen molar-refractivity contribution in [1.82, 2.24) is 5.32 Å². The van der Waals surface area contributed by atoms with Crippen LogP contribution in [0.4, 0.5) is 10.1 Å². The average molecular weight is 245 g/mol. The van der Waals surface area contributed by atoms with Crippen molar-refractivity contribution in [2.45, 2.75) is 19.9 Å². The molecule has 0 aromatic heterocycles. The molecule has 1 aromatic rings. The van der Waals surface area contributed by atoms with Crippen LogP contribution in [0.1, 0.15) is 12.5 Å². The van der Waals surface area contributed by atoms with Crippen LogP contribution in [0, 0.1) is 12.7 Å². The van der Waals surface area contributed by atoms with Crippen molar-refractivity contribution < 1.29 is 4.39 Å². The van der Waals surface area contributed by atoms with Gasteiger partial charge in [0, 0.05) is 25.7 Å². The molecule has 1 atom stereocenters. The summed E-state index contributed by atoms with van der Waals surface area (Å²) in [5, 5.41) is 3.30. The van der Waals surface area contributed by atoms with Crippen LogP contribution in [0.25, 0.3) is 0 Å². The molecule has 1 aliphatic rings. The molecule has 0 spiro atoms. The van der Waals surface area contributed by atoms with E-state index in [1.54, 1.807) is 6.07 Å². The number of nitrogens with zero attached hydrogens (tertiary/aromatic N) is 1. The Morgan fingerprint density at radius 3 is 2.88 bits per heavy atom. The van der Waals surface area contributed by atoms with E-state index in [1.165, 1.54) is 0 Å². The van der Waals surface area contributed by atoms with E-state index in [0.717, 1.165) is 30.9 Å². The van der Waals surface area contributed by atoms with Gasteiger partial charge >= 0.3 is 0 Å². The Bertz CT molecular complexity index is 357. The fourth-order valence-electron chi connectivity index (χ4n) is 2.04. The number of benzene rings is 1. The molecule has 90 valence electrons. The molecule has 4 heteroatoms. The van der Waals surface area contributed by atoms with Gasteiger partial charge in [-0.2, -0.15) is 0 Å². The zero-order valence-electron chi connectivity index (χ0n) is 9.66. The van der Waals surface area contributed by atoms with Crippen molar-refractivity contribution in [2.75, 3.05) is 24.5 Å². The standard InChI is InChI=1S/C12H17FN2.ClH/c1-9-3-4-11(13)12(7-9)15-6-5-14-8-10(15)2;/h3-4,7,10,14H,5-6,8H2,1-2H3;1H/t10-;/m0./s1. The quantitative estimate of drug-likeness (QED) is 0.816. The van der Waals surface area contributed by atoms with Gasteiger partial charge in [0.2, 0.25) is 0 Å². The van der Waals surface area contributed by atoms with E-state index in [2.05, 4.69) is 17.1 Å². The Hall–Kier alpha value is -0.800. The summed E-state index contributed by atoms with van der Waals surface area (Å²) in [6.45, 7) is 6.84. The van der Waals surface area contributed by atoms with E-state index in [0.29, 0.717) is 6.04 Å². The highest BCUT2D eigenvalue weighted by molar-refractivity contribution is 5.85. The van der Waals surface area contributed by atoms with Crippen molar-refractivity contribution >= 4 is 18.1 Å². The number of halogens is 2. The van der Waals surface area contributed by atoms with Crippen molar-refractivity contribution in [3.63, 3.8) is 0 Å². The molecule has 0 aliphatic carbocycles. The second-order valence-corrected chi connectivity index (χ2v) is 4.20. The van der Waals surface area contributed by atoms with Gasteiger partial charge in [0.05, 0.1) is 5.69 Å². The van der Waals surface area contributed by atoms with Crippen LogP contribution >= 0.6 is 12.4 Å². The van der Waals surface area contributed by atoms with Crippen LogP contribution in [0.5, 0.6) is 0 Å². The van der Waals surface area contributed by atoms with Crippen LogP contribution in [0.3, 0.4) is 0 Å². The van der Waals surface area contributed by atoms with E-state index in [9.17, 15) is 4.39 Å². The lowest BCUT2D eigenvalue weighted by atomic mass is 10.1. The van der Waals surface area contributed by atoms with Crippen molar-refractivity contribution in [3.8, 4) is 0 Å². The van der Waals surface area contributed by atoms with Gasteiger partial charge in [-0.1, -0.05) is 6.07 Å². The van der Waals surface area contributed by atoms with E-state index in [4.69, 9.17) is 0 Å². The zero-order chi connectivity index (χ0) is 10.8. The number of piperazine rings is 1. The molecule has 2 rings (SSSR count). The Kier molecular flexibility index (Phi) is 4.56. The summed E-state index contributed by atoms with van der Waals surface area (Å²) < 4.78 is 13.7. The van der Waals surface area contributed by atoms with Gasteiger partial charge in [-0.25, -0.2) is 4.39 Å². The van der Waals surface area contributed by atoms with Crippen LogP contribution in [0.15, 0.2) is 18.2 Å². The topological polar surface area (TPSA) is 15.3 Å². The second kappa shape index (κ2) is 5.51. The minimum Gasteiger partial charge on any atom is -0.364 e. The Balaban J connectivity index is 0.00000128. The predicted octanol–water partition coefficient (Wildman–Crippen LogP) is 2.35. The van der Waals surface area contributed by atoms with Gasteiger partial charge in [0.25, 0.3) is 0 Å². The van der Waals surface area contributed by atoms with Crippen LogP contribution in [0.2, 0.25) is 0 Å². The molecule has 0 bridgehead atoms. The van der Waals surface area contributed by atoms with Gasteiger partial charge in [0.15, 0.2) is 0 Å². The maximum absolute atomic E-state index is 13.7. The normalized spacial score (nSPS) is 20.4. The average Bonchev–Trinajstić information content (AvgIpc) is 2.23. The molecular formula is C12H18ClFN2. The smallest absolute Gasteiger partial charge is 0.146 e. The molecule has 0 saturated carbocycles. The summed E-state index contributed by atoms with van der Waals surface area (Å²) in [5.41, 5.74) is 1.85. The van der Waals surface area contributed by atoms with E-state index in [1.807, 2.05) is 19.1 Å². The van der Waals surface area contributed by atoms with E-state index >= 15 is 0 Å². The van der Waals surface area contributed by atoms with Gasteiger partial charge in [-0.3, -0.25) is 0 Å². The lowest BCUT2D eigenvalue weighted by Crippen LogP contribution is -2.50. The Morgan fingerprint density at radius 2 is 2.19 bits per heavy atom. The lowest BCUT2D eigenvalue weighted by molar-refractivity contribution is 0.491. The third-order valence-electron chi connectivity index (χ3n) is 2.91. The summed E-state index contributed by atoms with van der Waals surface area (Å²) >= 11 is 0. The maximum Gasteiger partial charge on any atom is 0.146 e. The fourth-order valence-corrected chi connectivity index (χ4v) is 2.04. The molecule has 0 unspecified atom stereocenters. The third-order valence-corrected chi connectivity index (χ3v) is 2.91. The molecule has 0 radical (unpaired) electrons. The van der Waals surface area contributed by atoms with Crippen molar-refractivity contribution in [3.05, 3.63) is 29.6 Å². The minimum atomic E-state index is -0.116. The minimum absolute atomic E-state index is 0. The van der Waals surface area contributed by atoms with E-state index in [-0.39, 0.29) is 18.2 Å². The summed E-state index contributed by atoms with van der Waals surface area (Å²) in [6, 6.07) is 5.65. The summed E-state index contributed by atoms with van der Waals surface area (Å²) in [4.78, 5) is 2.14. The first kappa shape index (κ1) is 13.3. The van der Waals surface area contributed by atoms with Gasteiger partial charge in [-0.05, 0) is 31.5 Å². The number of hydrogen-bond donors (Lipinski definition) is 1. The molecule has 1 N–H and O–H groups in total. The predicted molar refractivity (Wildman–Crippen MR) is 68.1 cm³/mol. The van der Waals surface area contributed by atoms with Crippen LogP contribution in [-0.2, 0) is 0 Å². The number of anilines is 1. The molecule has 16 heavy (non-hydrogen) atoms. The fraction of sp³-hybridized carbons (Fsp3) is 0.500. The number of rotatable bonds is 1. The number of hydrogen-bond acceptors (Lipinski definition) is 2. The second-order valence-electron chi connectivity index (χ2n) is 4.20. The molecule has 2 nitrogen and oxygen atoms in total. The first-order valence-corrected chi connectivity index (χ1v) is 5.42. The highest BCUT2D eigenvalue weighted by Gasteiger charge is 2.20. The highest BCUT2D eigenvalue weighted by atomic mass is 35.5. The van der Waals surface area contributed by atoms with Gasteiger partial charge in [-0.15, -0.1) is 12.4 Å². The van der Waals surface area contributed by atoms with Gasteiger partial charge < -0.3 is 10.2 Å². The number of aryl methyl sites for hydroxylation is 1. The maximum atomic E-state index is 13.7. The first-order chi connectivity index (χ1) is 7.18. The number of nitrogens with one attached hydrogen (secondary N) is 1. The van der Waals surface area contributed by atoms with Crippen LogP contribution < -0.4 is 10.2 Å². The SMILES string of the molecule is Cc1ccc(F)c(N2CCNC[C@@H]2C)c1.Cl. The summed E-state index contributed by atoms with van der Waals surface area (Å²) in [5.74, 6) is -0.116. The Labute approximate surface area is 102 Å². The summed E-state index contributed by atoms with van der Waals surface area (Å²) in [7, 11) is 0. The molecule has 1 aromatic carbocycles. The largest absolute Gasteiger partial charge is 0.364 e. The molecule has 1 aliphatic heterocycles. The van der Waals surface area contributed by atoms with Gasteiger partial charge in [0.1, 0.15) is 5.82 Å². The molecule has 1 heterocycles. The Morgan fingerprint density at radius 1 is 1.44 bits per heavy atom. The van der Waals surface area contributed by atoms with Crippen molar-refractivity contribution in [1.29, 1.82) is 0 Å². The molecular weight excluding hydrogens is 227 g/mol. The molecule has 0 amide bonds. The zero-order valence-corrected chi connectivity index (χ0v) is 10.5. The summed E-state index contributed by atoms with van der Waals surface area (Å²) in [6.07, 6.45) is 0. The monoisotopic (exact) mass is 244 g/mol. The molecule has 1 saturated heterocycles. The first-order valence-electron chi connectivity index (χ1n) is 5.42. The van der Waals surface area contributed by atoms with E-state index < -0.39 is 0 Å².